The minimum atomic E-state index is -0.0753. The molecule has 3 heterocycles. The van der Waals surface area contributed by atoms with Crippen LogP contribution in [-0.2, 0) is 13.1 Å². The van der Waals surface area contributed by atoms with Crippen molar-refractivity contribution in [2.45, 2.75) is 64.6 Å². The number of aromatic nitrogens is 3. The molecule has 2 N–H and O–H groups in total. The van der Waals surface area contributed by atoms with Gasteiger partial charge < -0.3 is 19.8 Å². The maximum atomic E-state index is 14.3. The molecule has 6 rings (SSSR count). The van der Waals surface area contributed by atoms with Gasteiger partial charge in [0.1, 0.15) is 5.69 Å². The number of aryl methyl sites for hydroxylation is 4. The summed E-state index contributed by atoms with van der Waals surface area (Å²) in [5.41, 5.74) is 7.83. The molecule has 3 aromatic carbocycles. The van der Waals surface area contributed by atoms with Gasteiger partial charge in [-0.05, 0) is 63.3 Å². The summed E-state index contributed by atoms with van der Waals surface area (Å²) in [5, 5.41) is 8.09. The van der Waals surface area contributed by atoms with E-state index in [1.165, 1.54) is 35.1 Å². The standard InChI is InChI=1S/C36H41N5O/c1-26-10-14-28(15-11-26)33(29-16-12-27(2)13-17-29)34-31-8-3-4-9-32(31)41(23-18-30-7-5-19-38-30)35(34)36(42)39-20-6-22-40-24-21-37-25-40/h3-4,8-17,21,24-25,30,33,38H,5-7,18-20,22-23H2,1-2H3,(H,39,42). The van der Waals surface area contributed by atoms with E-state index in [4.69, 9.17) is 0 Å². The first kappa shape index (κ1) is 28.0. The van der Waals surface area contributed by atoms with Crippen molar-refractivity contribution >= 4 is 16.8 Å². The van der Waals surface area contributed by atoms with Crippen molar-refractivity contribution in [3.8, 4) is 0 Å². The maximum absolute atomic E-state index is 14.3. The molecule has 42 heavy (non-hydrogen) atoms. The number of carbonyl (C=O) groups is 1. The fourth-order valence-corrected chi connectivity index (χ4v) is 6.40. The Morgan fingerprint density at radius 2 is 1.69 bits per heavy atom. The Balaban J connectivity index is 1.45. The second-order valence-electron chi connectivity index (χ2n) is 11.7. The van der Waals surface area contributed by atoms with Gasteiger partial charge in [0, 0.05) is 60.5 Å². The molecule has 0 spiro atoms. The van der Waals surface area contributed by atoms with Crippen molar-refractivity contribution in [2.75, 3.05) is 13.1 Å². The fourth-order valence-electron chi connectivity index (χ4n) is 6.40. The van der Waals surface area contributed by atoms with E-state index in [1.807, 2.05) is 17.1 Å². The largest absolute Gasteiger partial charge is 0.351 e. The molecule has 6 heteroatoms. The SMILES string of the molecule is Cc1ccc(C(c2ccc(C)cc2)c2c(C(=O)NCCCn3ccnc3)n(CCC3CCCN3)c3ccccc23)cc1. The van der Waals surface area contributed by atoms with Crippen molar-refractivity contribution in [3.05, 3.63) is 125 Å². The number of fused-ring (bicyclic) bond motifs is 1. The van der Waals surface area contributed by atoms with E-state index in [0.29, 0.717) is 12.6 Å². The predicted octanol–water partition coefficient (Wildman–Crippen LogP) is 6.60. The lowest BCUT2D eigenvalue weighted by atomic mass is 9.83. The number of nitrogens with zero attached hydrogens (tertiary/aromatic N) is 3. The Labute approximate surface area is 248 Å². The number of amides is 1. The van der Waals surface area contributed by atoms with Crippen LogP contribution in [0.2, 0.25) is 0 Å². The van der Waals surface area contributed by atoms with Crippen LogP contribution in [0, 0.1) is 13.8 Å². The maximum Gasteiger partial charge on any atom is 0.268 e. The van der Waals surface area contributed by atoms with Crippen LogP contribution in [0.1, 0.15) is 69.9 Å². The molecule has 0 aliphatic carbocycles. The van der Waals surface area contributed by atoms with Gasteiger partial charge in [-0.2, -0.15) is 0 Å². The monoisotopic (exact) mass is 559 g/mol. The molecule has 1 amide bonds. The number of imidazole rings is 1. The van der Waals surface area contributed by atoms with Crippen molar-refractivity contribution in [3.63, 3.8) is 0 Å². The molecular formula is C36H41N5O. The number of nitrogens with one attached hydrogen (secondary N) is 2. The van der Waals surface area contributed by atoms with E-state index in [1.54, 1.807) is 6.20 Å². The first-order valence-corrected chi connectivity index (χ1v) is 15.3. The number of carbonyl (C=O) groups excluding carboxylic acids is 1. The number of rotatable bonds is 11. The Morgan fingerprint density at radius 3 is 2.33 bits per heavy atom. The van der Waals surface area contributed by atoms with E-state index < -0.39 is 0 Å². The summed E-state index contributed by atoms with van der Waals surface area (Å²) in [5.74, 6) is -0.0795. The van der Waals surface area contributed by atoms with Crippen LogP contribution in [-0.4, -0.2) is 39.2 Å². The molecule has 1 aliphatic rings. The number of benzene rings is 3. The van der Waals surface area contributed by atoms with Gasteiger partial charge in [-0.3, -0.25) is 4.79 Å². The smallest absolute Gasteiger partial charge is 0.268 e. The third-order valence-electron chi connectivity index (χ3n) is 8.64. The Morgan fingerprint density at radius 1 is 0.976 bits per heavy atom. The van der Waals surface area contributed by atoms with Crippen LogP contribution in [0.5, 0.6) is 0 Å². The van der Waals surface area contributed by atoms with E-state index in [-0.39, 0.29) is 11.8 Å². The van der Waals surface area contributed by atoms with E-state index in [2.05, 4.69) is 107 Å². The summed E-state index contributed by atoms with van der Waals surface area (Å²) in [4.78, 5) is 18.5. The molecule has 1 unspecified atom stereocenters. The van der Waals surface area contributed by atoms with Gasteiger partial charge in [0.2, 0.25) is 0 Å². The molecule has 6 nitrogen and oxygen atoms in total. The van der Waals surface area contributed by atoms with Crippen LogP contribution in [0.25, 0.3) is 10.9 Å². The van der Waals surface area contributed by atoms with E-state index in [0.717, 1.165) is 54.6 Å². The third-order valence-corrected chi connectivity index (χ3v) is 8.64. The van der Waals surface area contributed by atoms with Gasteiger partial charge in [0.05, 0.1) is 6.33 Å². The summed E-state index contributed by atoms with van der Waals surface area (Å²) in [6.07, 6.45) is 9.82. The molecule has 0 saturated carbocycles. The average molecular weight is 560 g/mol. The fraction of sp³-hybridized carbons (Fsp3) is 0.333. The molecular weight excluding hydrogens is 518 g/mol. The highest BCUT2D eigenvalue weighted by molar-refractivity contribution is 6.02. The lowest BCUT2D eigenvalue weighted by Gasteiger charge is -2.22. The molecule has 5 aromatic rings. The number of hydrogen-bond acceptors (Lipinski definition) is 3. The van der Waals surface area contributed by atoms with Crippen LogP contribution in [0.15, 0.2) is 91.5 Å². The summed E-state index contributed by atoms with van der Waals surface area (Å²) in [7, 11) is 0. The number of hydrogen-bond donors (Lipinski definition) is 2. The van der Waals surface area contributed by atoms with Gasteiger partial charge in [-0.25, -0.2) is 4.98 Å². The molecule has 1 saturated heterocycles. The zero-order valence-electron chi connectivity index (χ0n) is 24.7. The normalized spacial score (nSPS) is 15.1. The lowest BCUT2D eigenvalue weighted by Crippen LogP contribution is -2.30. The van der Waals surface area contributed by atoms with E-state index >= 15 is 0 Å². The quantitative estimate of drug-likeness (QED) is 0.179. The Hall–Kier alpha value is -4.16. The van der Waals surface area contributed by atoms with Crippen LogP contribution in [0.3, 0.4) is 0 Å². The third kappa shape index (κ3) is 6.04. The second kappa shape index (κ2) is 12.8. The molecule has 1 atom stereocenters. The minimum Gasteiger partial charge on any atom is -0.351 e. The topological polar surface area (TPSA) is 63.9 Å². The van der Waals surface area contributed by atoms with Crippen molar-refractivity contribution in [1.29, 1.82) is 0 Å². The summed E-state index contributed by atoms with van der Waals surface area (Å²) in [6.45, 7) is 7.53. The van der Waals surface area contributed by atoms with Crippen molar-refractivity contribution in [2.24, 2.45) is 0 Å². The van der Waals surface area contributed by atoms with Gasteiger partial charge in [-0.1, -0.05) is 77.9 Å². The van der Waals surface area contributed by atoms with Crippen molar-refractivity contribution in [1.82, 2.24) is 24.8 Å². The molecule has 1 fully saturated rings. The summed E-state index contributed by atoms with van der Waals surface area (Å²) in [6, 6.07) is 26.7. The molecule has 2 aromatic heterocycles. The van der Waals surface area contributed by atoms with Gasteiger partial charge >= 0.3 is 0 Å². The summed E-state index contributed by atoms with van der Waals surface area (Å²) >= 11 is 0. The molecule has 1 aliphatic heterocycles. The van der Waals surface area contributed by atoms with Crippen molar-refractivity contribution < 1.29 is 4.79 Å². The minimum absolute atomic E-state index is 0.00423. The Kier molecular flexibility index (Phi) is 8.52. The number of para-hydroxylation sites is 1. The highest BCUT2D eigenvalue weighted by Crippen LogP contribution is 2.40. The highest BCUT2D eigenvalue weighted by atomic mass is 16.1. The molecule has 0 bridgehead atoms. The first-order valence-electron chi connectivity index (χ1n) is 15.3. The second-order valence-corrected chi connectivity index (χ2v) is 11.7. The van der Waals surface area contributed by atoms with Crippen LogP contribution < -0.4 is 10.6 Å². The lowest BCUT2D eigenvalue weighted by molar-refractivity contribution is 0.0942. The van der Waals surface area contributed by atoms with E-state index in [9.17, 15) is 4.79 Å². The average Bonchev–Trinajstić information content (AvgIpc) is 3.78. The van der Waals surface area contributed by atoms with Gasteiger partial charge in [0.15, 0.2) is 0 Å². The zero-order valence-corrected chi connectivity index (χ0v) is 24.7. The highest BCUT2D eigenvalue weighted by Gasteiger charge is 2.30. The van der Waals surface area contributed by atoms with Gasteiger partial charge in [0.25, 0.3) is 5.91 Å². The van der Waals surface area contributed by atoms with Crippen LogP contribution >= 0.6 is 0 Å². The Bertz CT molecular complexity index is 1560. The van der Waals surface area contributed by atoms with Crippen LogP contribution in [0.4, 0.5) is 0 Å². The molecule has 0 radical (unpaired) electrons. The molecule has 216 valence electrons. The predicted molar refractivity (Wildman–Crippen MR) is 170 cm³/mol. The first-order chi connectivity index (χ1) is 20.6. The van der Waals surface area contributed by atoms with Gasteiger partial charge in [-0.15, -0.1) is 0 Å². The summed E-state index contributed by atoms with van der Waals surface area (Å²) < 4.78 is 4.35. The zero-order chi connectivity index (χ0) is 28.9.